The summed E-state index contributed by atoms with van der Waals surface area (Å²) in [5, 5.41) is 4.03. The van der Waals surface area contributed by atoms with Gasteiger partial charge in [0.05, 0.1) is 17.4 Å². The normalized spacial score (nSPS) is 18.3. The van der Waals surface area contributed by atoms with Crippen molar-refractivity contribution in [3.63, 3.8) is 0 Å². The fraction of sp³-hybridized carbons (Fsp3) is 0.368. The van der Waals surface area contributed by atoms with E-state index in [0.717, 1.165) is 54.4 Å². The average molecular weight is 323 g/mol. The summed E-state index contributed by atoms with van der Waals surface area (Å²) >= 11 is 0. The Morgan fingerprint density at radius 3 is 2.79 bits per heavy atom. The van der Waals surface area contributed by atoms with Crippen LogP contribution in [0.2, 0.25) is 0 Å². The van der Waals surface area contributed by atoms with Crippen molar-refractivity contribution in [1.82, 2.24) is 15.0 Å². The second-order valence-corrected chi connectivity index (χ2v) is 6.39. The highest BCUT2D eigenvalue weighted by atomic mass is 16.5. The predicted octanol–water partition coefficient (Wildman–Crippen LogP) is 4.28. The van der Waals surface area contributed by atoms with Crippen LogP contribution >= 0.6 is 0 Å². The highest BCUT2D eigenvalue weighted by Gasteiger charge is 2.30. The maximum Gasteiger partial charge on any atom is 0.226 e. The molecule has 0 aliphatic carbocycles. The molecule has 1 saturated heterocycles. The minimum absolute atomic E-state index is 0.280. The van der Waals surface area contributed by atoms with E-state index in [1.54, 1.807) is 0 Å². The second kappa shape index (κ2) is 6.24. The Balaban J connectivity index is 1.56. The van der Waals surface area contributed by atoms with Gasteiger partial charge in [0.25, 0.3) is 0 Å². The van der Waals surface area contributed by atoms with Crippen molar-refractivity contribution in [1.29, 1.82) is 0 Å². The number of benzene rings is 1. The molecule has 0 spiro atoms. The number of aryl methyl sites for hydroxylation is 2. The monoisotopic (exact) mass is 323 g/mol. The molecule has 1 unspecified atom stereocenters. The molecule has 1 fully saturated rings. The summed E-state index contributed by atoms with van der Waals surface area (Å²) in [5.74, 6) is 2.53. The highest BCUT2D eigenvalue weighted by Crippen LogP contribution is 2.34. The van der Waals surface area contributed by atoms with Gasteiger partial charge in [-0.3, -0.25) is 4.90 Å². The Morgan fingerprint density at radius 1 is 1.21 bits per heavy atom. The van der Waals surface area contributed by atoms with E-state index in [9.17, 15) is 0 Å². The van der Waals surface area contributed by atoms with Gasteiger partial charge in [-0.1, -0.05) is 23.4 Å². The largest absolute Gasteiger partial charge is 0.441 e. The van der Waals surface area contributed by atoms with Crippen LogP contribution in [-0.2, 0) is 6.54 Å². The lowest BCUT2D eigenvalue weighted by atomic mass is 10.1. The third-order valence-corrected chi connectivity index (χ3v) is 4.60. The molecule has 124 valence electrons. The molecule has 1 atom stereocenters. The minimum atomic E-state index is 0.280. The van der Waals surface area contributed by atoms with Crippen LogP contribution in [0.4, 0.5) is 0 Å². The Hall–Kier alpha value is -2.40. The summed E-state index contributed by atoms with van der Waals surface area (Å²) in [6.07, 6.45) is 2.25. The van der Waals surface area contributed by atoms with Gasteiger partial charge in [0, 0.05) is 18.2 Å². The lowest BCUT2D eigenvalue weighted by molar-refractivity contribution is 0.204. The molecular formula is C19H21N3O2. The maximum absolute atomic E-state index is 5.88. The summed E-state index contributed by atoms with van der Waals surface area (Å²) in [6, 6.07) is 12.3. The Kier molecular flexibility index (Phi) is 3.94. The van der Waals surface area contributed by atoms with Crippen LogP contribution in [0.15, 0.2) is 45.3 Å². The molecule has 0 bridgehead atoms. The van der Waals surface area contributed by atoms with Crippen molar-refractivity contribution in [2.75, 3.05) is 6.54 Å². The van der Waals surface area contributed by atoms with Crippen LogP contribution in [0, 0.1) is 13.8 Å². The van der Waals surface area contributed by atoms with E-state index in [1.165, 1.54) is 0 Å². The molecule has 0 N–H and O–H groups in total. The van der Waals surface area contributed by atoms with E-state index in [2.05, 4.69) is 10.1 Å². The first-order chi connectivity index (χ1) is 11.7. The third-order valence-electron chi connectivity index (χ3n) is 4.60. The molecule has 1 aromatic carbocycles. The molecule has 3 heterocycles. The fourth-order valence-corrected chi connectivity index (χ4v) is 3.35. The van der Waals surface area contributed by atoms with Crippen LogP contribution in [0.1, 0.15) is 41.8 Å². The van der Waals surface area contributed by atoms with Gasteiger partial charge in [-0.2, -0.15) is 0 Å². The zero-order valence-electron chi connectivity index (χ0n) is 14.0. The van der Waals surface area contributed by atoms with Crippen LogP contribution in [0.25, 0.3) is 11.5 Å². The molecule has 0 radical (unpaired) electrons. The molecule has 3 aromatic rings. The van der Waals surface area contributed by atoms with Gasteiger partial charge in [-0.15, -0.1) is 0 Å². The first-order valence-electron chi connectivity index (χ1n) is 8.39. The fourth-order valence-electron chi connectivity index (χ4n) is 3.35. The molecule has 5 nitrogen and oxygen atoms in total. The molecule has 1 aliphatic rings. The van der Waals surface area contributed by atoms with Crippen LogP contribution < -0.4 is 0 Å². The van der Waals surface area contributed by atoms with E-state index in [-0.39, 0.29) is 6.04 Å². The van der Waals surface area contributed by atoms with E-state index in [1.807, 2.05) is 50.2 Å². The van der Waals surface area contributed by atoms with Gasteiger partial charge in [-0.05, 0) is 45.4 Å². The number of likely N-dealkylation sites (tertiary alicyclic amines) is 1. The molecule has 5 heteroatoms. The van der Waals surface area contributed by atoms with E-state index in [0.29, 0.717) is 5.89 Å². The Morgan fingerprint density at radius 2 is 2.04 bits per heavy atom. The summed E-state index contributed by atoms with van der Waals surface area (Å²) < 4.78 is 11.4. The smallest absolute Gasteiger partial charge is 0.226 e. The van der Waals surface area contributed by atoms with Crippen molar-refractivity contribution >= 4 is 0 Å². The van der Waals surface area contributed by atoms with Gasteiger partial charge in [0.1, 0.15) is 5.76 Å². The van der Waals surface area contributed by atoms with Crippen molar-refractivity contribution in [2.45, 2.75) is 39.3 Å². The average Bonchev–Trinajstić information content (AvgIpc) is 3.30. The highest BCUT2D eigenvalue weighted by molar-refractivity contribution is 5.53. The molecule has 24 heavy (non-hydrogen) atoms. The standard InChI is InChI=1S/C19H21N3O2/c1-13-11-18(24-21-13)17-9-6-10-22(17)12-16-14(2)23-19(20-16)15-7-4-3-5-8-15/h3-5,7-8,11,17H,6,9-10,12H2,1-2H3. The Bertz CT molecular complexity index is 822. The van der Waals surface area contributed by atoms with Crippen molar-refractivity contribution in [3.05, 3.63) is 59.3 Å². The lowest BCUT2D eigenvalue weighted by Gasteiger charge is -2.21. The minimum Gasteiger partial charge on any atom is -0.441 e. The van der Waals surface area contributed by atoms with Crippen molar-refractivity contribution < 1.29 is 8.94 Å². The number of aromatic nitrogens is 2. The number of hydrogen-bond donors (Lipinski definition) is 0. The molecular weight excluding hydrogens is 302 g/mol. The van der Waals surface area contributed by atoms with Crippen LogP contribution in [-0.4, -0.2) is 21.6 Å². The van der Waals surface area contributed by atoms with Gasteiger partial charge in [0.2, 0.25) is 5.89 Å². The van der Waals surface area contributed by atoms with Crippen LogP contribution in [0.5, 0.6) is 0 Å². The lowest BCUT2D eigenvalue weighted by Crippen LogP contribution is -2.23. The molecule has 2 aromatic heterocycles. The summed E-state index contributed by atoms with van der Waals surface area (Å²) in [7, 11) is 0. The van der Waals surface area contributed by atoms with Gasteiger partial charge >= 0.3 is 0 Å². The van der Waals surface area contributed by atoms with Gasteiger partial charge in [-0.25, -0.2) is 4.98 Å². The predicted molar refractivity (Wildman–Crippen MR) is 90.3 cm³/mol. The van der Waals surface area contributed by atoms with E-state index >= 15 is 0 Å². The van der Waals surface area contributed by atoms with Crippen LogP contribution in [0.3, 0.4) is 0 Å². The molecule has 0 amide bonds. The summed E-state index contributed by atoms with van der Waals surface area (Å²) in [6.45, 7) is 5.75. The summed E-state index contributed by atoms with van der Waals surface area (Å²) in [4.78, 5) is 7.12. The quantitative estimate of drug-likeness (QED) is 0.717. The number of oxazole rings is 1. The zero-order valence-corrected chi connectivity index (χ0v) is 14.0. The summed E-state index contributed by atoms with van der Waals surface area (Å²) in [5.41, 5.74) is 2.94. The first kappa shape index (κ1) is 15.1. The zero-order chi connectivity index (χ0) is 16.5. The maximum atomic E-state index is 5.88. The number of rotatable bonds is 4. The first-order valence-corrected chi connectivity index (χ1v) is 8.39. The van der Waals surface area contributed by atoms with E-state index in [4.69, 9.17) is 13.9 Å². The molecule has 4 rings (SSSR count). The third kappa shape index (κ3) is 2.87. The number of hydrogen-bond acceptors (Lipinski definition) is 5. The van der Waals surface area contributed by atoms with E-state index < -0.39 is 0 Å². The SMILES string of the molecule is Cc1cc(C2CCCN2Cc2nc(-c3ccccc3)oc2C)on1. The van der Waals surface area contributed by atoms with Crippen molar-refractivity contribution in [3.8, 4) is 11.5 Å². The topological polar surface area (TPSA) is 55.3 Å². The molecule has 1 aliphatic heterocycles. The van der Waals surface area contributed by atoms with Gasteiger partial charge < -0.3 is 8.94 Å². The molecule has 0 saturated carbocycles. The van der Waals surface area contributed by atoms with Crippen molar-refractivity contribution in [2.24, 2.45) is 0 Å². The number of nitrogens with zero attached hydrogens (tertiary/aromatic N) is 3. The Labute approximate surface area is 141 Å². The second-order valence-electron chi connectivity index (χ2n) is 6.39. The van der Waals surface area contributed by atoms with Gasteiger partial charge in [0.15, 0.2) is 5.76 Å².